The van der Waals surface area contributed by atoms with Crippen molar-refractivity contribution in [3.8, 4) is 0 Å². The molecule has 0 N–H and O–H groups in total. The molecule has 0 unspecified atom stereocenters. The quantitative estimate of drug-likeness (QED) is 0.410. The van der Waals surface area contributed by atoms with Crippen LogP contribution in [0.1, 0.15) is 20.8 Å². The monoisotopic (exact) mass is 137 g/mol. The van der Waals surface area contributed by atoms with Crippen LogP contribution in [0.15, 0.2) is 28.3 Å². The van der Waals surface area contributed by atoms with Crippen molar-refractivity contribution in [1.82, 2.24) is 0 Å². The molecule has 56 valence electrons. The molecular formula is C9H15N. The fourth-order valence-corrected chi connectivity index (χ4v) is 0.677. The molecule has 0 bridgehead atoms. The third-order valence-electron chi connectivity index (χ3n) is 1.36. The van der Waals surface area contributed by atoms with E-state index in [1.165, 1.54) is 11.1 Å². The van der Waals surface area contributed by atoms with E-state index in [0.29, 0.717) is 0 Å². The zero-order chi connectivity index (χ0) is 7.98. The summed E-state index contributed by atoms with van der Waals surface area (Å²) in [5.41, 5.74) is 2.49. The van der Waals surface area contributed by atoms with Gasteiger partial charge in [0.15, 0.2) is 0 Å². The van der Waals surface area contributed by atoms with E-state index < -0.39 is 0 Å². The van der Waals surface area contributed by atoms with Gasteiger partial charge < -0.3 is 0 Å². The molecule has 0 aromatic carbocycles. The zero-order valence-corrected chi connectivity index (χ0v) is 7.18. The van der Waals surface area contributed by atoms with Crippen molar-refractivity contribution in [2.75, 3.05) is 7.05 Å². The Kier molecular flexibility index (Phi) is 4.55. The van der Waals surface area contributed by atoms with Gasteiger partial charge >= 0.3 is 0 Å². The maximum Gasteiger partial charge on any atom is 0.0277 e. The summed E-state index contributed by atoms with van der Waals surface area (Å²) >= 11 is 0. The van der Waals surface area contributed by atoms with Gasteiger partial charge in [-0.3, -0.25) is 4.99 Å². The van der Waals surface area contributed by atoms with E-state index in [0.717, 1.165) is 0 Å². The van der Waals surface area contributed by atoms with Crippen LogP contribution < -0.4 is 0 Å². The van der Waals surface area contributed by atoms with Crippen LogP contribution in [0.2, 0.25) is 0 Å². The van der Waals surface area contributed by atoms with E-state index in [4.69, 9.17) is 0 Å². The van der Waals surface area contributed by atoms with Crippen molar-refractivity contribution >= 4 is 6.21 Å². The SMILES string of the molecule is C/C=C\C(C)=C(\C)C=NC. The average molecular weight is 137 g/mol. The molecule has 0 spiro atoms. The number of hydrogen-bond acceptors (Lipinski definition) is 1. The van der Waals surface area contributed by atoms with Gasteiger partial charge in [-0.1, -0.05) is 12.2 Å². The summed E-state index contributed by atoms with van der Waals surface area (Å²) in [5.74, 6) is 0. The highest BCUT2D eigenvalue weighted by Gasteiger charge is 1.85. The van der Waals surface area contributed by atoms with Gasteiger partial charge in [0, 0.05) is 13.3 Å². The van der Waals surface area contributed by atoms with Gasteiger partial charge in [-0.15, -0.1) is 0 Å². The van der Waals surface area contributed by atoms with Gasteiger partial charge in [-0.05, 0) is 31.9 Å². The van der Waals surface area contributed by atoms with Crippen LogP contribution in [-0.2, 0) is 0 Å². The summed E-state index contributed by atoms with van der Waals surface area (Å²) in [6.45, 7) is 6.15. The molecule has 0 saturated heterocycles. The Morgan fingerprint density at radius 2 is 1.80 bits per heavy atom. The minimum Gasteiger partial charge on any atom is -0.296 e. The average Bonchev–Trinajstić information content (AvgIpc) is 1.89. The standard InChI is InChI=1S/C9H15N/c1-5-6-8(2)9(3)7-10-4/h5-7H,1-4H3/b6-5-,9-8-,10-7?. The first-order valence-corrected chi connectivity index (χ1v) is 3.44. The number of aliphatic imine (C=N–C) groups is 1. The lowest BCUT2D eigenvalue weighted by atomic mass is 10.1. The predicted molar refractivity (Wildman–Crippen MR) is 47.6 cm³/mol. The maximum atomic E-state index is 3.92. The Hall–Kier alpha value is -0.850. The van der Waals surface area contributed by atoms with Crippen molar-refractivity contribution in [3.05, 3.63) is 23.3 Å². The Labute approximate surface area is 63.2 Å². The fraction of sp³-hybridized carbons (Fsp3) is 0.444. The smallest absolute Gasteiger partial charge is 0.0277 e. The molecule has 0 radical (unpaired) electrons. The molecular weight excluding hydrogens is 122 g/mol. The van der Waals surface area contributed by atoms with E-state index in [1.54, 1.807) is 7.05 Å². The highest BCUT2D eigenvalue weighted by molar-refractivity contribution is 5.79. The van der Waals surface area contributed by atoms with Crippen LogP contribution in [0, 0.1) is 0 Å². The highest BCUT2D eigenvalue weighted by atomic mass is 14.6. The summed E-state index contributed by atoms with van der Waals surface area (Å²) in [7, 11) is 1.78. The Morgan fingerprint density at radius 1 is 1.20 bits per heavy atom. The topological polar surface area (TPSA) is 12.4 Å². The number of hydrogen-bond donors (Lipinski definition) is 0. The van der Waals surface area contributed by atoms with Crippen LogP contribution >= 0.6 is 0 Å². The van der Waals surface area contributed by atoms with E-state index in [2.05, 4.69) is 24.9 Å². The second kappa shape index (κ2) is 4.98. The van der Waals surface area contributed by atoms with Gasteiger partial charge in [0.2, 0.25) is 0 Å². The van der Waals surface area contributed by atoms with Crippen LogP contribution in [0.25, 0.3) is 0 Å². The van der Waals surface area contributed by atoms with Gasteiger partial charge in [-0.2, -0.15) is 0 Å². The Morgan fingerprint density at radius 3 is 2.20 bits per heavy atom. The minimum atomic E-state index is 1.22. The lowest BCUT2D eigenvalue weighted by Gasteiger charge is -1.94. The third-order valence-corrected chi connectivity index (χ3v) is 1.36. The molecule has 0 atom stereocenters. The van der Waals surface area contributed by atoms with Crippen molar-refractivity contribution in [2.45, 2.75) is 20.8 Å². The second-order valence-corrected chi connectivity index (χ2v) is 2.25. The first-order chi connectivity index (χ1) is 4.72. The van der Waals surface area contributed by atoms with Crippen LogP contribution in [0.3, 0.4) is 0 Å². The molecule has 0 aliphatic heterocycles. The zero-order valence-electron chi connectivity index (χ0n) is 7.18. The number of allylic oxidation sites excluding steroid dienone is 4. The van der Waals surface area contributed by atoms with E-state index in [-0.39, 0.29) is 0 Å². The van der Waals surface area contributed by atoms with Gasteiger partial charge in [0.25, 0.3) is 0 Å². The predicted octanol–water partition coefficient (Wildman–Crippen LogP) is 2.60. The summed E-state index contributed by atoms with van der Waals surface area (Å²) in [6, 6.07) is 0. The normalized spacial score (nSPS) is 14.8. The molecule has 1 nitrogen and oxygen atoms in total. The first kappa shape index (κ1) is 9.15. The summed E-state index contributed by atoms with van der Waals surface area (Å²) in [6.07, 6.45) is 5.98. The van der Waals surface area contributed by atoms with Crippen LogP contribution in [0.4, 0.5) is 0 Å². The molecule has 0 aliphatic carbocycles. The molecule has 0 saturated carbocycles. The lowest BCUT2D eigenvalue weighted by Crippen LogP contribution is -1.81. The molecule has 0 amide bonds. The number of rotatable bonds is 2. The third kappa shape index (κ3) is 3.23. The minimum absolute atomic E-state index is 1.22. The largest absolute Gasteiger partial charge is 0.296 e. The summed E-state index contributed by atoms with van der Waals surface area (Å²) in [4.78, 5) is 3.92. The van der Waals surface area contributed by atoms with E-state index in [1.807, 2.05) is 19.2 Å². The van der Waals surface area contributed by atoms with Crippen molar-refractivity contribution in [3.63, 3.8) is 0 Å². The van der Waals surface area contributed by atoms with Gasteiger partial charge in [-0.25, -0.2) is 0 Å². The van der Waals surface area contributed by atoms with Crippen molar-refractivity contribution in [2.24, 2.45) is 4.99 Å². The molecule has 1 heteroatoms. The number of nitrogens with zero attached hydrogens (tertiary/aromatic N) is 1. The second-order valence-electron chi connectivity index (χ2n) is 2.25. The van der Waals surface area contributed by atoms with Crippen LogP contribution in [-0.4, -0.2) is 13.3 Å². The van der Waals surface area contributed by atoms with Gasteiger partial charge in [0.1, 0.15) is 0 Å². The molecule has 0 fully saturated rings. The molecule has 0 aromatic rings. The summed E-state index contributed by atoms with van der Waals surface area (Å²) < 4.78 is 0. The highest BCUT2D eigenvalue weighted by Crippen LogP contribution is 2.01. The summed E-state index contributed by atoms with van der Waals surface area (Å²) in [5, 5.41) is 0. The van der Waals surface area contributed by atoms with E-state index >= 15 is 0 Å². The molecule has 0 rings (SSSR count). The van der Waals surface area contributed by atoms with Gasteiger partial charge in [0.05, 0.1) is 0 Å². The molecule has 10 heavy (non-hydrogen) atoms. The molecule has 0 heterocycles. The maximum absolute atomic E-state index is 3.92. The van der Waals surface area contributed by atoms with Crippen molar-refractivity contribution in [1.29, 1.82) is 0 Å². The van der Waals surface area contributed by atoms with Crippen LogP contribution in [0.5, 0.6) is 0 Å². The van der Waals surface area contributed by atoms with Crippen molar-refractivity contribution < 1.29 is 0 Å². The fourth-order valence-electron chi connectivity index (χ4n) is 0.677. The van der Waals surface area contributed by atoms with E-state index in [9.17, 15) is 0 Å². The molecule has 0 aliphatic rings. The Bertz CT molecular complexity index is 153. The Balaban J connectivity index is 4.33. The first-order valence-electron chi connectivity index (χ1n) is 3.44. The lowest BCUT2D eigenvalue weighted by molar-refractivity contribution is 1.38. The molecule has 0 aromatic heterocycles.